The number of hydrogen-bond donors (Lipinski definition) is 1. The quantitative estimate of drug-likeness (QED) is 0.908. The second-order valence-corrected chi connectivity index (χ2v) is 6.00. The van der Waals surface area contributed by atoms with Crippen LogP contribution in [-0.4, -0.2) is 45.5 Å². The average Bonchev–Trinajstić information content (AvgIpc) is 2.68. The predicted octanol–water partition coefficient (Wildman–Crippen LogP) is 2.90. The molecular formula is C20H23NO4. The molecule has 2 aromatic rings. The fourth-order valence-electron chi connectivity index (χ4n) is 3.07. The maximum absolute atomic E-state index is 12.7. The summed E-state index contributed by atoms with van der Waals surface area (Å²) in [5, 5.41) is 3.07. The number of rotatable bonds is 5. The zero-order chi connectivity index (χ0) is 17.6. The number of carbonyl (C=O) groups is 1. The largest absolute Gasteiger partial charge is 0.496 e. The molecule has 5 nitrogen and oxygen atoms in total. The van der Waals surface area contributed by atoms with Gasteiger partial charge in [0, 0.05) is 24.8 Å². The fourth-order valence-corrected chi connectivity index (χ4v) is 3.07. The lowest BCUT2D eigenvalue weighted by Gasteiger charge is -2.31. The van der Waals surface area contributed by atoms with Crippen LogP contribution in [0, 0.1) is 0 Å². The second kappa shape index (κ2) is 8.14. The molecule has 2 aromatic carbocycles. The van der Waals surface area contributed by atoms with Crippen LogP contribution >= 0.6 is 0 Å². The van der Waals surface area contributed by atoms with Crippen molar-refractivity contribution < 1.29 is 19.0 Å². The molecule has 0 aromatic heterocycles. The normalized spacial score (nSPS) is 20.1. The van der Waals surface area contributed by atoms with Gasteiger partial charge < -0.3 is 19.5 Å². The van der Waals surface area contributed by atoms with Crippen LogP contribution in [0.25, 0.3) is 11.1 Å². The van der Waals surface area contributed by atoms with Crippen LogP contribution in [0.2, 0.25) is 0 Å². The highest BCUT2D eigenvalue weighted by Gasteiger charge is 2.27. The molecule has 25 heavy (non-hydrogen) atoms. The van der Waals surface area contributed by atoms with Crippen molar-refractivity contribution in [3.8, 4) is 16.9 Å². The molecule has 1 saturated heterocycles. The Hall–Kier alpha value is -2.37. The molecule has 3 rings (SSSR count). The molecule has 1 heterocycles. The smallest absolute Gasteiger partial charge is 0.251 e. The van der Waals surface area contributed by atoms with Gasteiger partial charge in [-0.2, -0.15) is 0 Å². The lowest BCUT2D eigenvalue weighted by atomic mass is 10.0. The molecule has 1 aliphatic heterocycles. The summed E-state index contributed by atoms with van der Waals surface area (Å²) in [7, 11) is 3.28. The van der Waals surface area contributed by atoms with Crippen molar-refractivity contribution in [3.63, 3.8) is 0 Å². The van der Waals surface area contributed by atoms with Gasteiger partial charge >= 0.3 is 0 Å². The van der Waals surface area contributed by atoms with Crippen LogP contribution in [0.4, 0.5) is 0 Å². The highest BCUT2D eigenvalue weighted by Crippen LogP contribution is 2.30. The van der Waals surface area contributed by atoms with Crippen molar-refractivity contribution in [1.29, 1.82) is 0 Å². The number of methoxy groups -OCH3 is 2. The Kier molecular flexibility index (Phi) is 5.68. The van der Waals surface area contributed by atoms with Crippen molar-refractivity contribution in [1.82, 2.24) is 5.32 Å². The number of nitrogens with one attached hydrogen (secondary N) is 1. The molecule has 0 radical (unpaired) electrons. The second-order valence-electron chi connectivity index (χ2n) is 6.00. The van der Waals surface area contributed by atoms with E-state index in [0.29, 0.717) is 18.8 Å². The zero-order valence-corrected chi connectivity index (χ0v) is 14.5. The lowest BCUT2D eigenvalue weighted by Crippen LogP contribution is -2.49. The Bertz CT molecular complexity index is 731. The first-order valence-corrected chi connectivity index (χ1v) is 8.38. The van der Waals surface area contributed by atoms with Crippen molar-refractivity contribution in [2.45, 2.75) is 18.6 Å². The molecular weight excluding hydrogens is 318 g/mol. The third-order valence-corrected chi connectivity index (χ3v) is 4.47. The van der Waals surface area contributed by atoms with Gasteiger partial charge in [0.25, 0.3) is 5.91 Å². The minimum absolute atomic E-state index is 0.0406. The van der Waals surface area contributed by atoms with E-state index in [0.717, 1.165) is 23.3 Å². The molecule has 0 saturated carbocycles. The van der Waals surface area contributed by atoms with Gasteiger partial charge in [-0.3, -0.25) is 4.79 Å². The van der Waals surface area contributed by atoms with Crippen LogP contribution in [0.1, 0.15) is 16.8 Å². The summed E-state index contributed by atoms with van der Waals surface area (Å²) in [5.41, 5.74) is 2.52. The van der Waals surface area contributed by atoms with E-state index >= 15 is 0 Å². The lowest BCUT2D eigenvalue weighted by molar-refractivity contribution is -0.0479. The third-order valence-electron chi connectivity index (χ3n) is 4.47. The number of amides is 1. The van der Waals surface area contributed by atoms with Crippen LogP contribution in [0.15, 0.2) is 48.5 Å². The molecule has 5 heteroatoms. The summed E-state index contributed by atoms with van der Waals surface area (Å²) in [5.74, 6) is 0.676. The van der Waals surface area contributed by atoms with Crippen LogP contribution in [0.5, 0.6) is 5.75 Å². The van der Waals surface area contributed by atoms with Gasteiger partial charge in [0.2, 0.25) is 0 Å². The molecule has 2 atom stereocenters. The third kappa shape index (κ3) is 4.00. The molecule has 132 valence electrons. The first-order chi connectivity index (χ1) is 12.2. The Labute approximate surface area is 147 Å². The summed E-state index contributed by atoms with van der Waals surface area (Å²) in [6.07, 6.45) is 0.631. The topological polar surface area (TPSA) is 56.8 Å². The first kappa shape index (κ1) is 17.5. The van der Waals surface area contributed by atoms with E-state index < -0.39 is 0 Å². The Balaban J connectivity index is 1.80. The Morgan fingerprint density at radius 1 is 1.16 bits per heavy atom. The molecule has 1 amide bonds. The van der Waals surface area contributed by atoms with E-state index in [-0.39, 0.29) is 18.1 Å². The Morgan fingerprint density at radius 2 is 2.00 bits per heavy atom. The van der Waals surface area contributed by atoms with Crippen LogP contribution < -0.4 is 10.1 Å². The molecule has 0 aliphatic carbocycles. The molecule has 0 spiro atoms. The highest BCUT2D eigenvalue weighted by molar-refractivity contribution is 5.95. The van der Waals surface area contributed by atoms with Crippen molar-refractivity contribution in [2.24, 2.45) is 0 Å². The molecule has 1 aliphatic rings. The van der Waals surface area contributed by atoms with Gasteiger partial charge in [-0.25, -0.2) is 0 Å². The summed E-state index contributed by atoms with van der Waals surface area (Å²) in [6.45, 7) is 1.13. The molecule has 0 bridgehead atoms. The summed E-state index contributed by atoms with van der Waals surface area (Å²) in [4.78, 5) is 12.7. The van der Waals surface area contributed by atoms with Gasteiger partial charge in [-0.05, 0) is 30.2 Å². The standard InChI is InChI=1S/C20H23NO4/c1-23-18-9-4-3-8-16(18)14-6-5-7-15(12-14)20(22)21-17-10-11-25-13-19(17)24-2/h3-9,12,17,19H,10-11,13H2,1-2H3,(H,21,22)/t17-,19-/m1/s1. The predicted molar refractivity (Wildman–Crippen MR) is 95.9 cm³/mol. The van der Waals surface area contributed by atoms with Gasteiger partial charge in [-0.1, -0.05) is 30.3 Å². The maximum atomic E-state index is 12.7. The number of hydrogen-bond acceptors (Lipinski definition) is 4. The zero-order valence-electron chi connectivity index (χ0n) is 14.5. The minimum Gasteiger partial charge on any atom is -0.496 e. The van der Waals surface area contributed by atoms with Crippen molar-refractivity contribution in [2.75, 3.05) is 27.4 Å². The van der Waals surface area contributed by atoms with E-state index in [1.807, 2.05) is 48.5 Å². The molecule has 1 fully saturated rings. The maximum Gasteiger partial charge on any atom is 0.251 e. The fraction of sp³-hybridized carbons (Fsp3) is 0.350. The Morgan fingerprint density at radius 3 is 2.80 bits per heavy atom. The van der Waals surface area contributed by atoms with Gasteiger partial charge in [-0.15, -0.1) is 0 Å². The van der Waals surface area contributed by atoms with Gasteiger partial charge in [0.05, 0.1) is 19.8 Å². The van der Waals surface area contributed by atoms with E-state index in [4.69, 9.17) is 14.2 Å². The summed E-state index contributed by atoms with van der Waals surface area (Å²) < 4.78 is 16.2. The SMILES string of the molecule is COc1ccccc1-c1cccc(C(=O)N[C@@H]2CCOC[C@H]2OC)c1. The molecule has 1 N–H and O–H groups in total. The number of para-hydroxylation sites is 1. The number of benzene rings is 2. The van der Waals surface area contributed by atoms with Crippen LogP contribution in [-0.2, 0) is 9.47 Å². The van der Waals surface area contributed by atoms with Gasteiger partial charge in [0.1, 0.15) is 11.9 Å². The highest BCUT2D eigenvalue weighted by atomic mass is 16.5. The number of carbonyl (C=O) groups excluding carboxylic acids is 1. The van der Waals surface area contributed by atoms with E-state index in [2.05, 4.69) is 5.32 Å². The van der Waals surface area contributed by atoms with Gasteiger partial charge in [0.15, 0.2) is 0 Å². The number of ether oxygens (including phenoxy) is 3. The van der Waals surface area contributed by atoms with Crippen molar-refractivity contribution in [3.05, 3.63) is 54.1 Å². The van der Waals surface area contributed by atoms with E-state index in [1.54, 1.807) is 14.2 Å². The summed E-state index contributed by atoms with van der Waals surface area (Å²) in [6, 6.07) is 15.3. The van der Waals surface area contributed by atoms with E-state index in [1.165, 1.54) is 0 Å². The van der Waals surface area contributed by atoms with E-state index in [9.17, 15) is 4.79 Å². The average molecular weight is 341 g/mol. The van der Waals surface area contributed by atoms with Crippen molar-refractivity contribution >= 4 is 5.91 Å². The first-order valence-electron chi connectivity index (χ1n) is 8.38. The minimum atomic E-state index is -0.116. The molecule has 0 unspecified atom stereocenters. The summed E-state index contributed by atoms with van der Waals surface area (Å²) >= 11 is 0. The monoisotopic (exact) mass is 341 g/mol. The van der Waals surface area contributed by atoms with Crippen LogP contribution in [0.3, 0.4) is 0 Å².